The van der Waals surface area contributed by atoms with Crippen molar-refractivity contribution in [2.45, 2.75) is 58.1 Å². The third-order valence-electron chi connectivity index (χ3n) is 4.32. The van der Waals surface area contributed by atoms with Crippen LogP contribution in [0.5, 0.6) is 6.01 Å². The van der Waals surface area contributed by atoms with Gasteiger partial charge in [-0.2, -0.15) is 15.0 Å². The second-order valence-electron chi connectivity index (χ2n) is 6.15. The molecule has 1 saturated carbocycles. The van der Waals surface area contributed by atoms with E-state index in [1.165, 1.54) is 32.1 Å². The first-order valence-corrected chi connectivity index (χ1v) is 7.83. The minimum atomic E-state index is 0.0199. The fourth-order valence-electron chi connectivity index (χ4n) is 3.50. The molecular formula is C14H24N6O. The van der Waals surface area contributed by atoms with Gasteiger partial charge >= 0.3 is 6.01 Å². The number of nitrogens with zero attached hydrogens (tertiary/aromatic N) is 4. The van der Waals surface area contributed by atoms with E-state index in [4.69, 9.17) is 10.6 Å². The van der Waals surface area contributed by atoms with Gasteiger partial charge in [0.15, 0.2) is 0 Å². The number of piperidine rings is 1. The van der Waals surface area contributed by atoms with Gasteiger partial charge in [-0.1, -0.05) is 6.42 Å². The molecule has 0 aromatic carbocycles. The number of hydrazine groups is 1. The molecule has 1 aliphatic heterocycles. The van der Waals surface area contributed by atoms with Gasteiger partial charge in [-0.15, -0.1) is 0 Å². The number of fused-ring (bicyclic) bond motifs is 1. The van der Waals surface area contributed by atoms with Gasteiger partial charge in [-0.05, 0) is 45.4 Å². The SMILES string of the molecule is CC(C)Oc1nc(NN)nc(N2CCCC3CCCC32)n1. The number of aromatic nitrogens is 3. The Morgan fingerprint density at radius 2 is 2.00 bits per heavy atom. The molecule has 1 saturated heterocycles. The van der Waals surface area contributed by atoms with Crippen molar-refractivity contribution in [2.75, 3.05) is 16.9 Å². The van der Waals surface area contributed by atoms with Gasteiger partial charge < -0.3 is 9.64 Å². The second kappa shape index (κ2) is 6.01. The Balaban J connectivity index is 1.89. The average molecular weight is 292 g/mol. The van der Waals surface area contributed by atoms with Gasteiger partial charge in [0.2, 0.25) is 11.9 Å². The van der Waals surface area contributed by atoms with Crippen molar-refractivity contribution in [3.05, 3.63) is 0 Å². The van der Waals surface area contributed by atoms with Crippen molar-refractivity contribution in [3.8, 4) is 6.01 Å². The van der Waals surface area contributed by atoms with Crippen LogP contribution in [-0.4, -0.2) is 33.6 Å². The summed E-state index contributed by atoms with van der Waals surface area (Å²) in [6.45, 7) is 4.90. The molecule has 7 heteroatoms. The van der Waals surface area contributed by atoms with Crippen molar-refractivity contribution in [1.82, 2.24) is 15.0 Å². The monoisotopic (exact) mass is 292 g/mol. The van der Waals surface area contributed by atoms with E-state index < -0.39 is 0 Å². The topological polar surface area (TPSA) is 89.2 Å². The van der Waals surface area contributed by atoms with E-state index in [9.17, 15) is 0 Å². The Labute approximate surface area is 125 Å². The Morgan fingerprint density at radius 1 is 1.19 bits per heavy atom. The highest BCUT2D eigenvalue weighted by Gasteiger charge is 2.36. The lowest BCUT2D eigenvalue weighted by Crippen LogP contribution is -2.43. The molecule has 0 radical (unpaired) electrons. The van der Waals surface area contributed by atoms with Gasteiger partial charge in [0, 0.05) is 12.6 Å². The molecule has 2 atom stereocenters. The number of hydrogen-bond donors (Lipinski definition) is 2. The maximum Gasteiger partial charge on any atom is 0.323 e. The molecule has 3 rings (SSSR count). The van der Waals surface area contributed by atoms with Crippen LogP contribution in [0.15, 0.2) is 0 Å². The zero-order valence-corrected chi connectivity index (χ0v) is 12.7. The number of nitrogens with one attached hydrogen (secondary N) is 1. The van der Waals surface area contributed by atoms with Crippen LogP contribution >= 0.6 is 0 Å². The number of ether oxygens (including phenoxy) is 1. The zero-order chi connectivity index (χ0) is 14.8. The maximum absolute atomic E-state index is 5.62. The number of hydrogen-bond acceptors (Lipinski definition) is 7. The molecule has 0 amide bonds. The van der Waals surface area contributed by atoms with Crippen LogP contribution < -0.4 is 20.9 Å². The van der Waals surface area contributed by atoms with E-state index in [1.807, 2.05) is 13.8 Å². The average Bonchev–Trinajstić information content (AvgIpc) is 2.94. The molecule has 7 nitrogen and oxygen atoms in total. The molecule has 2 heterocycles. The first-order valence-electron chi connectivity index (χ1n) is 7.83. The van der Waals surface area contributed by atoms with E-state index in [-0.39, 0.29) is 6.10 Å². The third kappa shape index (κ3) is 3.02. The molecule has 21 heavy (non-hydrogen) atoms. The van der Waals surface area contributed by atoms with Crippen LogP contribution in [0, 0.1) is 5.92 Å². The summed E-state index contributed by atoms with van der Waals surface area (Å²) in [4.78, 5) is 15.4. The normalized spacial score (nSPS) is 25.0. The minimum absolute atomic E-state index is 0.0199. The largest absolute Gasteiger partial charge is 0.461 e. The molecule has 1 aliphatic carbocycles. The predicted octanol–water partition coefficient (Wildman–Crippen LogP) is 1.71. The highest BCUT2D eigenvalue weighted by Crippen LogP contribution is 2.38. The Kier molecular flexibility index (Phi) is 4.10. The first-order chi connectivity index (χ1) is 10.2. The fraction of sp³-hybridized carbons (Fsp3) is 0.786. The third-order valence-corrected chi connectivity index (χ3v) is 4.32. The Bertz CT molecular complexity index is 494. The summed E-state index contributed by atoms with van der Waals surface area (Å²) in [5.41, 5.74) is 2.51. The molecule has 2 unspecified atom stereocenters. The summed E-state index contributed by atoms with van der Waals surface area (Å²) < 4.78 is 5.62. The van der Waals surface area contributed by atoms with Crippen molar-refractivity contribution in [1.29, 1.82) is 0 Å². The molecule has 0 spiro atoms. The second-order valence-corrected chi connectivity index (χ2v) is 6.15. The van der Waals surface area contributed by atoms with Crippen molar-refractivity contribution >= 4 is 11.9 Å². The first kappa shape index (κ1) is 14.3. The quantitative estimate of drug-likeness (QED) is 0.645. The van der Waals surface area contributed by atoms with Crippen LogP contribution in [0.3, 0.4) is 0 Å². The van der Waals surface area contributed by atoms with Gasteiger partial charge in [-0.3, -0.25) is 5.43 Å². The molecule has 1 aromatic rings. The van der Waals surface area contributed by atoms with Gasteiger partial charge in [0.1, 0.15) is 0 Å². The molecule has 1 aromatic heterocycles. The standard InChI is InChI=1S/C14H24N6O/c1-9(2)21-14-17-12(19-15)16-13(18-14)20-8-4-6-10-5-3-7-11(10)20/h9-11H,3-8,15H2,1-2H3,(H,16,17,18,19). The van der Waals surface area contributed by atoms with Crippen molar-refractivity contribution in [2.24, 2.45) is 11.8 Å². The molecule has 2 fully saturated rings. The lowest BCUT2D eigenvalue weighted by molar-refractivity contribution is 0.221. The van der Waals surface area contributed by atoms with E-state index in [0.29, 0.717) is 23.9 Å². The van der Waals surface area contributed by atoms with E-state index in [2.05, 4.69) is 25.3 Å². The summed E-state index contributed by atoms with van der Waals surface area (Å²) >= 11 is 0. The summed E-state index contributed by atoms with van der Waals surface area (Å²) in [6, 6.07) is 0.891. The van der Waals surface area contributed by atoms with E-state index in [1.54, 1.807) is 0 Å². The zero-order valence-electron chi connectivity index (χ0n) is 12.7. The number of nitrogens with two attached hydrogens (primary N) is 1. The van der Waals surface area contributed by atoms with Crippen LogP contribution in [0.1, 0.15) is 46.0 Å². The van der Waals surface area contributed by atoms with Gasteiger partial charge in [-0.25, -0.2) is 5.84 Å². The molecule has 2 aliphatic rings. The minimum Gasteiger partial charge on any atom is -0.461 e. The molecule has 116 valence electrons. The molecular weight excluding hydrogens is 268 g/mol. The number of rotatable bonds is 4. The summed E-state index contributed by atoms with van der Waals surface area (Å²) in [7, 11) is 0. The van der Waals surface area contributed by atoms with Gasteiger partial charge in [0.25, 0.3) is 0 Å². The van der Waals surface area contributed by atoms with Crippen LogP contribution in [0.4, 0.5) is 11.9 Å². The Hall–Kier alpha value is -1.63. The maximum atomic E-state index is 5.62. The van der Waals surface area contributed by atoms with E-state index in [0.717, 1.165) is 12.5 Å². The fourth-order valence-corrected chi connectivity index (χ4v) is 3.50. The van der Waals surface area contributed by atoms with Gasteiger partial charge in [0.05, 0.1) is 6.10 Å². The summed E-state index contributed by atoms with van der Waals surface area (Å²) in [5, 5.41) is 0. The highest BCUT2D eigenvalue weighted by molar-refractivity contribution is 5.40. The lowest BCUT2D eigenvalue weighted by atomic mass is 9.92. The Morgan fingerprint density at radius 3 is 2.76 bits per heavy atom. The molecule has 3 N–H and O–H groups in total. The smallest absolute Gasteiger partial charge is 0.323 e. The van der Waals surface area contributed by atoms with Crippen LogP contribution in [0.2, 0.25) is 0 Å². The van der Waals surface area contributed by atoms with Crippen LogP contribution in [0.25, 0.3) is 0 Å². The predicted molar refractivity (Wildman–Crippen MR) is 81.1 cm³/mol. The van der Waals surface area contributed by atoms with Crippen molar-refractivity contribution < 1.29 is 4.74 Å². The van der Waals surface area contributed by atoms with E-state index >= 15 is 0 Å². The highest BCUT2D eigenvalue weighted by atomic mass is 16.5. The number of nitrogen functional groups attached to an aromatic ring is 1. The van der Waals surface area contributed by atoms with Crippen molar-refractivity contribution in [3.63, 3.8) is 0 Å². The molecule has 0 bridgehead atoms. The van der Waals surface area contributed by atoms with Crippen LogP contribution in [-0.2, 0) is 0 Å². The summed E-state index contributed by atoms with van der Waals surface area (Å²) in [6.07, 6.45) is 6.38. The number of anilines is 2. The lowest BCUT2D eigenvalue weighted by Gasteiger charge is -2.37. The summed E-state index contributed by atoms with van der Waals surface area (Å²) in [5.74, 6) is 7.30.